The van der Waals surface area contributed by atoms with Crippen molar-refractivity contribution in [2.75, 3.05) is 7.11 Å². The number of carbonyl (C=O) groups excluding carboxylic acids is 1. The largest absolute Gasteiger partial charge is 0.471 e. The topological polar surface area (TPSA) is 26.3 Å². The van der Waals surface area contributed by atoms with Gasteiger partial charge in [-0.3, -0.25) is 4.79 Å². The van der Waals surface area contributed by atoms with Gasteiger partial charge in [0.2, 0.25) is 0 Å². The minimum Gasteiger partial charge on any atom is -0.471 e. The molecule has 1 rings (SSSR count). The van der Waals surface area contributed by atoms with Crippen LogP contribution in [-0.4, -0.2) is 13.6 Å². The Hall–Kier alpha value is 0.140. The van der Waals surface area contributed by atoms with E-state index in [4.69, 9.17) is 4.79 Å². The Morgan fingerprint density at radius 3 is 0.933 bits per heavy atom. The average Bonchev–Trinajstić information content (AvgIpc) is 2.08. The fraction of sp³-hybridized carbons (Fsp3) is 0.125. The van der Waals surface area contributed by atoms with Gasteiger partial charge in [-0.25, -0.2) is 0 Å². The first kappa shape index (κ1) is 36.2. The lowest BCUT2D eigenvalue weighted by Crippen LogP contribution is -1.68. The predicted molar refractivity (Wildman–Crippen MR) is 75.8 cm³/mol. The highest BCUT2D eigenvalue weighted by Gasteiger charge is 1.57. The standard InChI is InChI=1S/C6H6.C2H4O2.5ClH/c1-2-4-6-5-3-1;1-4-2-3;;;;;/h1-6H;2H,1H3;5*1H. The molecule has 1 aromatic carbocycles. The van der Waals surface area contributed by atoms with Crippen LogP contribution < -0.4 is 0 Å². The van der Waals surface area contributed by atoms with E-state index in [1.807, 2.05) is 36.4 Å². The summed E-state index contributed by atoms with van der Waals surface area (Å²) in [6.07, 6.45) is 0. The lowest BCUT2D eigenvalue weighted by atomic mass is 10.4. The first-order valence-electron chi connectivity index (χ1n) is 2.88. The number of hydrogen-bond acceptors (Lipinski definition) is 2. The number of rotatable bonds is 1. The Bertz CT molecular complexity index is 136. The lowest BCUT2D eigenvalue weighted by molar-refractivity contribution is -0.126. The molecule has 0 aliphatic carbocycles. The van der Waals surface area contributed by atoms with Crippen LogP contribution >= 0.6 is 62.0 Å². The van der Waals surface area contributed by atoms with Crippen LogP contribution in [0.4, 0.5) is 0 Å². The van der Waals surface area contributed by atoms with Crippen LogP contribution in [0.5, 0.6) is 0 Å². The van der Waals surface area contributed by atoms with Crippen LogP contribution in [0.2, 0.25) is 0 Å². The Morgan fingerprint density at radius 2 is 0.867 bits per heavy atom. The van der Waals surface area contributed by atoms with Gasteiger partial charge in [0.15, 0.2) is 0 Å². The molecule has 0 radical (unpaired) electrons. The van der Waals surface area contributed by atoms with Crippen molar-refractivity contribution in [3.8, 4) is 0 Å². The number of ether oxygens (including phenoxy) is 1. The Balaban J connectivity index is -0.0000000211. The molecule has 0 unspecified atom stereocenters. The zero-order valence-corrected chi connectivity index (χ0v) is 12.0. The van der Waals surface area contributed by atoms with Crippen molar-refractivity contribution in [2.45, 2.75) is 0 Å². The molecule has 15 heavy (non-hydrogen) atoms. The molecule has 7 heteroatoms. The summed E-state index contributed by atoms with van der Waals surface area (Å²) in [5.74, 6) is 0. The fourth-order valence-electron chi connectivity index (χ4n) is 0.385. The molecule has 0 bridgehead atoms. The predicted octanol–water partition coefficient (Wildman–Crippen LogP) is 3.58. The summed E-state index contributed by atoms with van der Waals surface area (Å²) < 4.78 is 3.86. The maximum Gasteiger partial charge on any atom is 0.292 e. The highest BCUT2D eigenvalue weighted by molar-refractivity contribution is 5.86. The molecule has 0 aliphatic heterocycles. The molecule has 0 aliphatic rings. The number of hydrogen-bond donors (Lipinski definition) is 0. The Labute approximate surface area is 121 Å². The summed E-state index contributed by atoms with van der Waals surface area (Å²) in [5.41, 5.74) is 0. The molecule has 0 fully saturated rings. The van der Waals surface area contributed by atoms with Gasteiger partial charge in [0.1, 0.15) is 0 Å². The van der Waals surface area contributed by atoms with Gasteiger partial charge in [-0.15, -0.1) is 62.0 Å². The molecule has 0 N–H and O–H groups in total. The first-order chi connectivity index (χ1) is 4.91. The maximum atomic E-state index is 8.95. The molecule has 0 saturated heterocycles. The van der Waals surface area contributed by atoms with E-state index in [9.17, 15) is 0 Å². The highest BCUT2D eigenvalue weighted by Crippen LogP contribution is 1.79. The average molecular weight is 320 g/mol. The molecule has 94 valence electrons. The van der Waals surface area contributed by atoms with Crippen molar-refractivity contribution in [3.63, 3.8) is 0 Å². The second-order valence-electron chi connectivity index (χ2n) is 1.49. The quantitative estimate of drug-likeness (QED) is 0.739. The van der Waals surface area contributed by atoms with Gasteiger partial charge in [-0.1, -0.05) is 36.4 Å². The van der Waals surface area contributed by atoms with Gasteiger partial charge in [0.25, 0.3) is 6.47 Å². The van der Waals surface area contributed by atoms with E-state index in [0.29, 0.717) is 6.47 Å². The SMILES string of the molecule is COC=O.Cl.Cl.Cl.Cl.Cl.c1ccccc1. The maximum absolute atomic E-state index is 8.95. The second kappa shape index (κ2) is 36.8. The highest BCUT2D eigenvalue weighted by atomic mass is 35.5. The third-order valence-corrected chi connectivity index (χ3v) is 0.763. The van der Waals surface area contributed by atoms with Gasteiger partial charge in [0.05, 0.1) is 7.11 Å². The van der Waals surface area contributed by atoms with Crippen LogP contribution in [0.3, 0.4) is 0 Å². The normalized spacial score (nSPS) is 4.60. The molecule has 0 atom stereocenters. The first-order valence-corrected chi connectivity index (χ1v) is 2.88. The minimum absolute atomic E-state index is 0. The van der Waals surface area contributed by atoms with Crippen LogP contribution in [0.1, 0.15) is 0 Å². The third kappa shape index (κ3) is 40.9. The van der Waals surface area contributed by atoms with E-state index in [2.05, 4.69) is 4.74 Å². The summed E-state index contributed by atoms with van der Waals surface area (Å²) in [7, 11) is 1.31. The molecule has 0 saturated carbocycles. The van der Waals surface area contributed by atoms with Gasteiger partial charge in [-0.2, -0.15) is 0 Å². The van der Waals surface area contributed by atoms with Crippen molar-refractivity contribution in [1.82, 2.24) is 0 Å². The summed E-state index contributed by atoms with van der Waals surface area (Å²) in [4.78, 5) is 8.95. The Morgan fingerprint density at radius 1 is 0.733 bits per heavy atom. The van der Waals surface area contributed by atoms with Gasteiger partial charge >= 0.3 is 0 Å². The smallest absolute Gasteiger partial charge is 0.292 e. The lowest BCUT2D eigenvalue weighted by Gasteiger charge is -1.69. The molecule has 2 nitrogen and oxygen atoms in total. The van der Waals surface area contributed by atoms with E-state index >= 15 is 0 Å². The van der Waals surface area contributed by atoms with Crippen molar-refractivity contribution in [2.24, 2.45) is 0 Å². The van der Waals surface area contributed by atoms with E-state index in [0.717, 1.165) is 0 Å². The molecule has 1 aromatic rings. The number of methoxy groups -OCH3 is 1. The van der Waals surface area contributed by atoms with Gasteiger partial charge in [0, 0.05) is 0 Å². The zero-order valence-electron chi connectivity index (χ0n) is 7.90. The minimum atomic E-state index is 0. The second-order valence-corrected chi connectivity index (χ2v) is 1.49. The van der Waals surface area contributed by atoms with Crippen LogP contribution in [0.25, 0.3) is 0 Å². The van der Waals surface area contributed by atoms with E-state index in [1.165, 1.54) is 7.11 Å². The molecule has 0 aromatic heterocycles. The number of carbonyl (C=O) groups is 1. The number of halogens is 5. The van der Waals surface area contributed by atoms with Crippen LogP contribution in [-0.2, 0) is 9.53 Å². The zero-order chi connectivity index (χ0) is 7.66. The molecule has 0 amide bonds. The van der Waals surface area contributed by atoms with Crippen LogP contribution in [0, 0.1) is 0 Å². The summed E-state index contributed by atoms with van der Waals surface area (Å²) in [6, 6.07) is 12.0. The summed E-state index contributed by atoms with van der Waals surface area (Å²) >= 11 is 0. The van der Waals surface area contributed by atoms with E-state index in [1.54, 1.807) is 0 Å². The van der Waals surface area contributed by atoms with Gasteiger partial charge in [-0.05, 0) is 0 Å². The van der Waals surface area contributed by atoms with E-state index < -0.39 is 0 Å². The van der Waals surface area contributed by atoms with E-state index in [-0.39, 0.29) is 62.0 Å². The molecule has 0 heterocycles. The van der Waals surface area contributed by atoms with Crippen molar-refractivity contribution >= 4 is 68.5 Å². The molecule has 0 spiro atoms. The Kier molecular flexibility index (Phi) is 89.0. The fourth-order valence-corrected chi connectivity index (χ4v) is 0.385. The van der Waals surface area contributed by atoms with Crippen LogP contribution in [0.15, 0.2) is 36.4 Å². The summed E-state index contributed by atoms with van der Waals surface area (Å²) in [5, 5.41) is 0. The number of benzene rings is 1. The third-order valence-electron chi connectivity index (χ3n) is 0.763. The van der Waals surface area contributed by atoms with Crippen molar-refractivity contribution in [3.05, 3.63) is 36.4 Å². The van der Waals surface area contributed by atoms with Crippen molar-refractivity contribution < 1.29 is 9.53 Å². The van der Waals surface area contributed by atoms with Crippen molar-refractivity contribution in [1.29, 1.82) is 0 Å². The summed E-state index contributed by atoms with van der Waals surface area (Å²) in [6.45, 7) is 0.375. The van der Waals surface area contributed by atoms with Gasteiger partial charge < -0.3 is 4.74 Å². The molecular weight excluding hydrogens is 305 g/mol. The molecular formula is C8H15Cl5O2. The monoisotopic (exact) mass is 318 g/mol.